The van der Waals surface area contributed by atoms with E-state index in [0.717, 1.165) is 10.2 Å². The minimum Gasteiger partial charge on any atom is -0.355 e. The average Bonchev–Trinajstić information content (AvgIpc) is 2.95. The van der Waals surface area contributed by atoms with Crippen LogP contribution in [0, 0.1) is 5.41 Å². The number of hydrogen-bond donors (Lipinski definition) is 2. The van der Waals surface area contributed by atoms with Crippen molar-refractivity contribution in [3.63, 3.8) is 0 Å². The monoisotopic (exact) mass is 410 g/mol. The van der Waals surface area contributed by atoms with E-state index in [1.165, 1.54) is 11.3 Å². The molecule has 0 spiro atoms. The molecule has 2 heterocycles. The number of amides is 2. The summed E-state index contributed by atoms with van der Waals surface area (Å²) in [5.74, 6) is -0.262. The molecule has 2 amide bonds. The minimum atomic E-state index is -0.460. The molecule has 0 unspecified atom stereocenters. The smallest absolute Gasteiger partial charge is 0.227 e. The van der Waals surface area contributed by atoms with Crippen LogP contribution in [0.5, 0.6) is 0 Å². The van der Waals surface area contributed by atoms with Crippen molar-refractivity contribution < 1.29 is 9.59 Å². The second-order valence-corrected chi connectivity index (χ2v) is 7.98. The highest BCUT2D eigenvalue weighted by atomic mass is 79.9. The first-order valence-corrected chi connectivity index (χ1v) is 9.08. The van der Waals surface area contributed by atoms with Gasteiger partial charge in [0, 0.05) is 34.4 Å². The van der Waals surface area contributed by atoms with E-state index in [1.54, 1.807) is 6.20 Å². The van der Waals surface area contributed by atoms with Crippen LogP contribution in [0.1, 0.15) is 27.2 Å². The summed E-state index contributed by atoms with van der Waals surface area (Å²) in [5.41, 5.74) is 0.995. The van der Waals surface area contributed by atoms with Crippen molar-refractivity contribution >= 4 is 44.2 Å². The highest BCUT2D eigenvalue weighted by Gasteiger charge is 2.20. The Labute approximate surface area is 153 Å². The molecule has 2 N–H and O–H groups in total. The molecule has 0 fully saturated rings. The van der Waals surface area contributed by atoms with Gasteiger partial charge in [0.05, 0.1) is 5.69 Å². The Kier molecular flexibility index (Phi) is 6.06. The number of nitrogens with one attached hydrogen (secondary N) is 2. The van der Waals surface area contributed by atoms with E-state index in [-0.39, 0.29) is 18.2 Å². The first-order valence-electron chi connectivity index (χ1n) is 7.41. The quantitative estimate of drug-likeness (QED) is 0.790. The molecule has 0 saturated heterocycles. The van der Waals surface area contributed by atoms with Crippen LogP contribution in [0.3, 0.4) is 0 Å². The Morgan fingerprint density at radius 3 is 2.62 bits per heavy atom. The Balaban J connectivity index is 1.85. The standard InChI is InChI=1S/C16H19BrN4O2S/c1-16(2,3)14(23)18-7-6-13(22)21-15-20-12(9-24-15)11-5-4-10(17)8-19-11/h4-5,8-9H,6-7H2,1-3H3,(H,18,23)(H,20,21,22). The minimum absolute atomic E-state index is 0.0758. The van der Waals surface area contributed by atoms with Gasteiger partial charge in [-0.25, -0.2) is 4.98 Å². The number of carbonyl (C=O) groups excluding carboxylic acids is 2. The van der Waals surface area contributed by atoms with Crippen LogP contribution < -0.4 is 10.6 Å². The number of carbonyl (C=O) groups is 2. The number of anilines is 1. The maximum atomic E-state index is 11.9. The molecule has 6 nitrogen and oxygen atoms in total. The van der Waals surface area contributed by atoms with Crippen molar-refractivity contribution in [1.29, 1.82) is 0 Å². The Hall–Kier alpha value is -1.80. The van der Waals surface area contributed by atoms with Gasteiger partial charge in [-0.05, 0) is 28.1 Å². The van der Waals surface area contributed by atoms with E-state index >= 15 is 0 Å². The molecule has 0 aromatic carbocycles. The molecule has 0 bridgehead atoms. The molecule has 0 aliphatic rings. The predicted octanol–water partition coefficient (Wildman–Crippen LogP) is 3.46. The van der Waals surface area contributed by atoms with Crippen molar-refractivity contribution in [3.05, 3.63) is 28.2 Å². The van der Waals surface area contributed by atoms with Gasteiger partial charge in [0.15, 0.2) is 5.13 Å². The molecule has 128 valence electrons. The average molecular weight is 411 g/mol. The van der Waals surface area contributed by atoms with Gasteiger partial charge >= 0.3 is 0 Å². The van der Waals surface area contributed by atoms with Crippen molar-refractivity contribution in [2.75, 3.05) is 11.9 Å². The van der Waals surface area contributed by atoms with Gasteiger partial charge in [-0.2, -0.15) is 0 Å². The number of aromatic nitrogens is 2. The lowest BCUT2D eigenvalue weighted by atomic mass is 9.96. The summed E-state index contributed by atoms with van der Waals surface area (Å²) in [4.78, 5) is 32.3. The van der Waals surface area contributed by atoms with Gasteiger partial charge in [-0.1, -0.05) is 20.8 Å². The number of nitrogens with zero attached hydrogens (tertiary/aromatic N) is 2. The van der Waals surface area contributed by atoms with Crippen LogP contribution in [0.25, 0.3) is 11.4 Å². The predicted molar refractivity (Wildman–Crippen MR) is 98.8 cm³/mol. The fraction of sp³-hybridized carbons (Fsp3) is 0.375. The van der Waals surface area contributed by atoms with E-state index in [0.29, 0.717) is 17.4 Å². The molecule has 0 aliphatic carbocycles. The SMILES string of the molecule is CC(C)(C)C(=O)NCCC(=O)Nc1nc(-c2ccc(Br)cn2)cs1. The summed E-state index contributed by atoms with van der Waals surface area (Å²) < 4.78 is 0.896. The maximum absolute atomic E-state index is 11.9. The normalized spacial score (nSPS) is 11.2. The third kappa shape index (κ3) is 5.38. The molecule has 0 aliphatic heterocycles. The fourth-order valence-corrected chi connectivity index (χ4v) is 2.67. The van der Waals surface area contributed by atoms with Gasteiger partial charge in [-0.3, -0.25) is 14.6 Å². The molecule has 0 atom stereocenters. The largest absolute Gasteiger partial charge is 0.355 e. The summed E-state index contributed by atoms with van der Waals surface area (Å²) >= 11 is 4.67. The zero-order valence-corrected chi connectivity index (χ0v) is 16.1. The number of rotatable bonds is 5. The lowest BCUT2D eigenvalue weighted by molar-refractivity contribution is -0.128. The number of pyridine rings is 1. The molecule has 2 aromatic rings. The van der Waals surface area contributed by atoms with Crippen molar-refractivity contribution in [2.45, 2.75) is 27.2 Å². The van der Waals surface area contributed by atoms with Crippen LogP contribution in [0.4, 0.5) is 5.13 Å². The van der Waals surface area contributed by atoms with Crippen molar-refractivity contribution in [2.24, 2.45) is 5.41 Å². The lowest BCUT2D eigenvalue weighted by Crippen LogP contribution is -2.36. The first-order chi connectivity index (χ1) is 11.3. The van der Waals surface area contributed by atoms with Gasteiger partial charge in [0.25, 0.3) is 0 Å². The van der Waals surface area contributed by atoms with E-state index in [1.807, 2.05) is 38.3 Å². The number of halogens is 1. The molecule has 0 saturated carbocycles. The molecule has 24 heavy (non-hydrogen) atoms. The summed E-state index contributed by atoms with van der Waals surface area (Å²) in [5, 5.41) is 7.84. The van der Waals surface area contributed by atoms with Gasteiger partial charge in [-0.15, -0.1) is 11.3 Å². The Morgan fingerprint density at radius 2 is 2.00 bits per heavy atom. The van der Waals surface area contributed by atoms with Crippen LogP contribution in [0.15, 0.2) is 28.2 Å². The molecule has 8 heteroatoms. The Morgan fingerprint density at radius 1 is 1.25 bits per heavy atom. The van der Waals surface area contributed by atoms with E-state index in [2.05, 4.69) is 36.5 Å². The van der Waals surface area contributed by atoms with Gasteiger partial charge in [0.1, 0.15) is 5.69 Å². The van der Waals surface area contributed by atoms with Crippen molar-refractivity contribution in [3.8, 4) is 11.4 Å². The highest BCUT2D eigenvalue weighted by molar-refractivity contribution is 9.10. The van der Waals surface area contributed by atoms with Gasteiger partial charge < -0.3 is 10.6 Å². The second kappa shape index (κ2) is 7.85. The van der Waals surface area contributed by atoms with Crippen LogP contribution in [-0.2, 0) is 9.59 Å². The number of thiazole rings is 1. The molecule has 2 aromatic heterocycles. The van der Waals surface area contributed by atoms with Crippen molar-refractivity contribution in [1.82, 2.24) is 15.3 Å². The zero-order valence-electron chi connectivity index (χ0n) is 13.7. The zero-order chi connectivity index (χ0) is 17.7. The third-order valence-corrected chi connectivity index (χ3v) is 4.29. The van der Waals surface area contributed by atoms with E-state index in [9.17, 15) is 9.59 Å². The van der Waals surface area contributed by atoms with Crippen LogP contribution >= 0.6 is 27.3 Å². The maximum Gasteiger partial charge on any atom is 0.227 e. The molecular weight excluding hydrogens is 392 g/mol. The van der Waals surface area contributed by atoms with Crippen LogP contribution in [-0.4, -0.2) is 28.3 Å². The highest BCUT2D eigenvalue weighted by Crippen LogP contribution is 2.24. The molecule has 0 radical (unpaired) electrons. The summed E-state index contributed by atoms with van der Waals surface area (Å²) in [7, 11) is 0. The molecule has 2 rings (SSSR count). The van der Waals surface area contributed by atoms with E-state index in [4.69, 9.17) is 0 Å². The fourth-order valence-electron chi connectivity index (χ4n) is 1.71. The Bertz CT molecular complexity index is 722. The first kappa shape index (κ1) is 18.5. The summed E-state index contributed by atoms with van der Waals surface area (Å²) in [6, 6.07) is 3.74. The summed E-state index contributed by atoms with van der Waals surface area (Å²) in [6.07, 6.45) is 1.90. The molecular formula is C16H19BrN4O2S. The second-order valence-electron chi connectivity index (χ2n) is 6.20. The summed E-state index contributed by atoms with van der Waals surface area (Å²) in [6.45, 7) is 5.79. The van der Waals surface area contributed by atoms with Gasteiger partial charge in [0.2, 0.25) is 11.8 Å². The van der Waals surface area contributed by atoms with E-state index < -0.39 is 5.41 Å². The topological polar surface area (TPSA) is 84.0 Å². The lowest BCUT2D eigenvalue weighted by Gasteiger charge is -2.17. The number of hydrogen-bond acceptors (Lipinski definition) is 5. The van der Waals surface area contributed by atoms with Crippen LogP contribution in [0.2, 0.25) is 0 Å². The third-order valence-electron chi connectivity index (χ3n) is 3.06.